The van der Waals surface area contributed by atoms with Gasteiger partial charge >= 0.3 is 6.03 Å². The van der Waals surface area contributed by atoms with Crippen LogP contribution in [0.2, 0.25) is 0 Å². The van der Waals surface area contributed by atoms with Crippen LogP contribution in [0, 0.1) is 0 Å². The first-order valence-corrected chi connectivity index (χ1v) is 10.8. The Morgan fingerprint density at radius 2 is 2.04 bits per heavy atom. The molecule has 0 fully saturated rings. The lowest BCUT2D eigenvalue weighted by atomic mass is 9.97. The highest BCUT2D eigenvalue weighted by Crippen LogP contribution is 2.28. The molecule has 1 aromatic rings. The number of urea groups is 1. The highest BCUT2D eigenvalue weighted by atomic mass is 32.2. The third-order valence-electron chi connectivity index (χ3n) is 3.35. The average Bonchev–Trinajstić information content (AvgIpc) is 3.02. The number of aromatic nitrogens is 2. The van der Waals surface area contributed by atoms with Gasteiger partial charge in [0.25, 0.3) is 0 Å². The van der Waals surface area contributed by atoms with Crippen LogP contribution in [-0.4, -0.2) is 40.2 Å². The van der Waals surface area contributed by atoms with Gasteiger partial charge in [-0.2, -0.15) is 0 Å². The molecular formula is C15H22N4O2S3. The number of allylic oxidation sites excluding steroid dienone is 1. The molecule has 6 nitrogen and oxygen atoms in total. The number of hydrogen-bond donors (Lipinski definition) is 2. The standard InChI is InChI=1S/C15H22N4O2S3/c1-2-22-14-18-19-15(24-14)23-10-12(20)17-13(21)16-9-8-11-6-4-3-5-7-11/h6H,2-5,7-10H2,1H3,(H2,16,17,20,21). The van der Waals surface area contributed by atoms with E-state index in [0.29, 0.717) is 6.54 Å². The highest BCUT2D eigenvalue weighted by Gasteiger charge is 2.11. The van der Waals surface area contributed by atoms with Crippen molar-refractivity contribution in [1.82, 2.24) is 20.8 Å². The van der Waals surface area contributed by atoms with Crippen molar-refractivity contribution in [3.8, 4) is 0 Å². The summed E-state index contributed by atoms with van der Waals surface area (Å²) in [5.74, 6) is 0.773. The van der Waals surface area contributed by atoms with Crippen LogP contribution in [0.15, 0.2) is 20.3 Å². The Balaban J connectivity index is 1.60. The van der Waals surface area contributed by atoms with Crippen LogP contribution in [0.1, 0.15) is 39.0 Å². The molecule has 9 heteroatoms. The maximum Gasteiger partial charge on any atom is 0.321 e. The van der Waals surface area contributed by atoms with Crippen LogP contribution in [0.4, 0.5) is 4.79 Å². The lowest BCUT2D eigenvalue weighted by Gasteiger charge is -2.13. The Hall–Kier alpha value is -1.06. The van der Waals surface area contributed by atoms with Gasteiger partial charge < -0.3 is 5.32 Å². The minimum Gasteiger partial charge on any atom is -0.337 e. The average molecular weight is 387 g/mol. The van der Waals surface area contributed by atoms with Gasteiger partial charge in [0, 0.05) is 6.54 Å². The normalized spacial score (nSPS) is 14.1. The summed E-state index contributed by atoms with van der Waals surface area (Å²) < 4.78 is 1.64. The number of nitrogens with zero attached hydrogens (tertiary/aromatic N) is 2. The van der Waals surface area contributed by atoms with E-state index < -0.39 is 6.03 Å². The van der Waals surface area contributed by atoms with Gasteiger partial charge in [0.15, 0.2) is 8.68 Å². The van der Waals surface area contributed by atoms with Crippen molar-refractivity contribution in [2.45, 2.75) is 47.7 Å². The minimum atomic E-state index is -0.434. The maximum atomic E-state index is 11.8. The van der Waals surface area contributed by atoms with Gasteiger partial charge in [-0.1, -0.05) is 53.4 Å². The number of hydrogen-bond acceptors (Lipinski definition) is 7. The molecule has 1 aromatic heterocycles. The molecule has 24 heavy (non-hydrogen) atoms. The SMILES string of the molecule is CCSc1nnc(SCC(=O)NC(=O)NCCC2=CCCCC2)s1. The van der Waals surface area contributed by atoms with E-state index in [-0.39, 0.29) is 11.7 Å². The van der Waals surface area contributed by atoms with Crippen LogP contribution in [-0.2, 0) is 4.79 Å². The molecule has 2 rings (SSSR count). The Kier molecular flexibility index (Phi) is 8.62. The molecule has 0 unspecified atom stereocenters. The van der Waals surface area contributed by atoms with Crippen LogP contribution >= 0.6 is 34.9 Å². The van der Waals surface area contributed by atoms with Gasteiger partial charge in [0.2, 0.25) is 5.91 Å². The fourth-order valence-electron chi connectivity index (χ4n) is 2.24. The number of nitrogens with one attached hydrogen (secondary N) is 2. The maximum absolute atomic E-state index is 11.8. The predicted octanol–water partition coefficient (Wildman–Crippen LogP) is 3.46. The molecule has 0 spiro atoms. The van der Waals surface area contributed by atoms with Gasteiger partial charge in [-0.15, -0.1) is 10.2 Å². The lowest BCUT2D eigenvalue weighted by Crippen LogP contribution is -2.40. The summed E-state index contributed by atoms with van der Waals surface area (Å²) in [4.78, 5) is 23.5. The number of carbonyl (C=O) groups is 2. The minimum absolute atomic E-state index is 0.157. The Morgan fingerprint density at radius 3 is 2.75 bits per heavy atom. The van der Waals surface area contributed by atoms with E-state index in [2.05, 4.69) is 33.8 Å². The van der Waals surface area contributed by atoms with E-state index in [9.17, 15) is 9.59 Å². The largest absolute Gasteiger partial charge is 0.337 e. The van der Waals surface area contributed by atoms with Gasteiger partial charge in [0.1, 0.15) is 0 Å². The van der Waals surface area contributed by atoms with Crippen LogP contribution < -0.4 is 10.6 Å². The van der Waals surface area contributed by atoms with E-state index in [1.807, 2.05) is 0 Å². The fraction of sp³-hybridized carbons (Fsp3) is 0.600. The second kappa shape index (κ2) is 10.7. The second-order valence-corrected chi connectivity index (χ2v) is 8.93. The molecule has 1 heterocycles. The van der Waals surface area contributed by atoms with Crippen LogP contribution in [0.5, 0.6) is 0 Å². The first kappa shape index (κ1) is 19.3. The fourth-order valence-corrected chi connectivity index (χ4v) is 4.96. The molecule has 0 saturated heterocycles. The van der Waals surface area contributed by atoms with Crippen LogP contribution in [0.3, 0.4) is 0 Å². The third-order valence-corrected chi connectivity index (χ3v) is 6.42. The van der Waals surface area contributed by atoms with Crippen molar-refractivity contribution < 1.29 is 9.59 Å². The Morgan fingerprint density at radius 1 is 1.25 bits per heavy atom. The van der Waals surface area contributed by atoms with E-state index in [1.54, 1.807) is 11.8 Å². The predicted molar refractivity (Wildman–Crippen MR) is 99.7 cm³/mol. The molecule has 0 radical (unpaired) electrons. The Labute approximate surface area is 154 Å². The second-order valence-electron chi connectivity index (χ2n) is 5.22. The van der Waals surface area contributed by atoms with Gasteiger partial charge in [-0.3, -0.25) is 10.1 Å². The number of imide groups is 1. The molecule has 3 amide bonds. The number of rotatable bonds is 8. The summed E-state index contributed by atoms with van der Waals surface area (Å²) in [5.41, 5.74) is 1.40. The molecule has 0 saturated carbocycles. The summed E-state index contributed by atoms with van der Waals surface area (Å²) in [6.45, 7) is 2.61. The first-order chi connectivity index (χ1) is 11.7. The summed E-state index contributed by atoms with van der Waals surface area (Å²) in [6.07, 6.45) is 7.88. The van der Waals surface area contributed by atoms with Gasteiger partial charge in [0.05, 0.1) is 5.75 Å². The smallest absolute Gasteiger partial charge is 0.321 e. The van der Waals surface area contributed by atoms with Crippen LogP contribution in [0.25, 0.3) is 0 Å². The molecule has 1 aliphatic carbocycles. The molecule has 1 aliphatic rings. The van der Waals surface area contributed by atoms with E-state index in [4.69, 9.17) is 0 Å². The lowest BCUT2D eigenvalue weighted by molar-refractivity contribution is -0.117. The number of carbonyl (C=O) groups excluding carboxylic acids is 2. The molecule has 0 aromatic carbocycles. The zero-order chi connectivity index (χ0) is 17.2. The summed E-state index contributed by atoms with van der Waals surface area (Å²) in [6, 6.07) is -0.434. The zero-order valence-electron chi connectivity index (χ0n) is 13.7. The van der Waals surface area contributed by atoms with E-state index in [0.717, 1.165) is 33.7 Å². The molecular weight excluding hydrogens is 364 g/mol. The summed E-state index contributed by atoms with van der Waals surface area (Å²) in [7, 11) is 0. The molecule has 0 aliphatic heterocycles. The highest BCUT2D eigenvalue weighted by molar-refractivity contribution is 8.03. The van der Waals surface area contributed by atoms with E-state index in [1.165, 1.54) is 41.5 Å². The molecule has 2 N–H and O–H groups in total. The van der Waals surface area contributed by atoms with Crippen molar-refractivity contribution in [3.05, 3.63) is 11.6 Å². The van der Waals surface area contributed by atoms with E-state index >= 15 is 0 Å². The number of thioether (sulfide) groups is 2. The van der Waals surface area contributed by atoms with Crippen molar-refractivity contribution in [3.63, 3.8) is 0 Å². The Bertz CT molecular complexity index is 589. The van der Waals surface area contributed by atoms with Gasteiger partial charge in [-0.05, 0) is 37.9 Å². The van der Waals surface area contributed by atoms with Gasteiger partial charge in [-0.25, -0.2) is 4.79 Å². The number of amides is 3. The third kappa shape index (κ3) is 7.23. The van der Waals surface area contributed by atoms with Crippen molar-refractivity contribution in [2.24, 2.45) is 0 Å². The molecule has 0 bridgehead atoms. The summed E-state index contributed by atoms with van der Waals surface area (Å²) in [5, 5.41) is 13.1. The zero-order valence-corrected chi connectivity index (χ0v) is 16.1. The summed E-state index contributed by atoms with van der Waals surface area (Å²) >= 11 is 4.38. The quantitative estimate of drug-likeness (QED) is 0.526. The monoisotopic (exact) mass is 386 g/mol. The molecule has 0 atom stereocenters. The first-order valence-electron chi connectivity index (χ1n) is 8.02. The van der Waals surface area contributed by atoms with Crippen molar-refractivity contribution in [2.75, 3.05) is 18.1 Å². The topological polar surface area (TPSA) is 84.0 Å². The molecule has 132 valence electrons. The van der Waals surface area contributed by atoms with Crippen molar-refractivity contribution in [1.29, 1.82) is 0 Å². The van der Waals surface area contributed by atoms with Crippen molar-refractivity contribution >= 4 is 46.8 Å².